The average Bonchev–Trinajstić information content (AvgIpc) is 2.13. The Morgan fingerprint density at radius 1 is 1.53 bits per heavy atom. The van der Waals surface area contributed by atoms with Crippen molar-refractivity contribution in [2.24, 2.45) is 0 Å². The Labute approximate surface area is 92.0 Å². The van der Waals surface area contributed by atoms with Crippen molar-refractivity contribution >= 4 is 5.91 Å². The number of morpholine rings is 1. The fraction of sp³-hybridized carbons (Fsp3) is 0.909. The highest BCUT2D eigenvalue weighted by Crippen LogP contribution is 2.05. The molecule has 0 spiro atoms. The number of hydrogen-bond acceptors (Lipinski definition) is 3. The molecule has 1 amide bonds. The summed E-state index contributed by atoms with van der Waals surface area (Å²) in [7, 11) is 0. The zero-order valence-electron chi connectivity index (χ0n) is 10.2. The number of rotatable bonds is 2. The molecule has 0 aromatic heterocycles. The van der Waals surface area contributed by atoms with E-state index in [1.165, 1.54) is 0 Å². The van der Waals surface area contributed by atoms with Gasteiger partial charge in [-0.3, -0.25) is 4.79 Å². The Hall–Kier alpha value is -0.610. The predicted molar refractivity (Wildman–Crippen MR) is 59.7 cm³/mol. The maximum atomic E-state index is 11.8. The van der Waals surface area contributed by atoms with Crippen molar-refractivity contribution in [3.05, 3.63) is 0 Å². The number of nitrogens with zero attached hydrogens (tertiary/aromatic N) is 1. The number of nitrogens with one attached hydrogen (secondary N) is 1. The van der Waals surface area contributed by atoms with Crippen LogP contribution < -0.4 is 5.32 Å². The van der Waals surface area contributed by atoms with Crippen molar-refractivity contribution in [1.29, 1.82) is 0 Å². The predicted octanol–water partition coefficient (Wildman–Crippen LogP) is 0.622. The van der Waals surface area contributed by atoms with E-state index in [0.717, 1.165) is 6.54 Å². The van der Waals surface area contributed by atoms with Crippen LogP contribution in [0.1, 0.15) is 27.7 Å². The van der Waals surface area contributed by atoms with Gasteiger partial charge in [0, 0.05) is 18.6 Å². The van der Waals surface area contributed by atoms with Crippen LogP contribution in [0.25, 0.3) is 0 Å². The van der Waals surface area contributed by atoms with Gasteiger partial charge in [0.2, 0.25) is 5.91 Å². The molecule has 15 heavy (non-hydrogen) atoms. The van der Waals surface area contributed by atoms with E-state index in [-0.39, 0.29) is 17.6 Å². The minimum absolute atomic E-state index is 0.00639. The molecule has 1 unspecified atom stereocenters. The molecule has 0 radical (unpaired) electrons. The fourth-order valence-corrected chi connectivity index (χ4v) is 1.50. The molecule has 4 heteroatoms. The summed E-state index contributed by atoms with van der Waals surface area (Å²) in [5, 5.41) is 3.20. The van der Waals surface area contributed by atoms with E-state index in [1.54, 1.807) is 0 Å². The molecular formula is C11H22N2O2. The van der Waals surface area contributed by atoms with E-state index in [9.17, 15) is 4.79 Å². The van der Waals surface area contributed by atoms with Crippen LogP contribution in [0.3, 0.4) is 0 Å². The summed E-state index contributed by atoms with van der Waals surface area (Å²) in [6.07, 6.45) is 0.164. The van der Waals surface area contributed by atoms with Gasteiger partial charge in [0.1, 0.15) is 0 Å². The monoisotopic (exact) mass is 214 g/mol. The van der Waals surface area contributed by atoms with E-state index in [0.29, 0.717) is 19.7 Å². The van der Waals surface area contributed by atoms with Crippen molar-refractivity contribution in [2.75, 3.05) is 26.2 Å². The Morgan fingerprint density at radius 3 is 2.73 bits per heavy atom. The molecule has 88 valence electrons. The lowest BCUT2D eigenvalue weighted by atomic mass is 10.1. The van der Waals surface area contributed by atoms with E-state index in [1.807, 2.05) is 11.8 Å². The summed E-state index contributed by atoms with van der Waals surface area (Å²) in [6.45, 7) is 10.7. The second-order valence-electron chi connectivity index (χ2n) is 5.12. The van der Waals surface area contributed by atoms with Gasteiger partial charge in [-0.25, -0.2) is 0 Å². The molecule has 1 N–H and O–H groups in total. The van der Waals surface area contributed by atoms with E-state index in [2.05, 4.69) is 26.1 Å². The normalized spacial score (nSPS) is 22.9. The van der Waals surface area contributed by atoms with Crippen LogP contribution in [0.2, 0.25) is 0 Å². The largest absolute Gasteiger partial charge is 0.375 e. The highest BCUT2D eigenvalue weighted by Gasteiger charge is 2.22. The van der Waals surface area contributed by atoms with Crippen molar-refractivity contribution in [3.63, 3.8) is 0 Å². The molecule has 0 bridgehead atoms. The van der Waals surface area contributed by atoms with Crippen molar-refractivity contribution in [1.82, 2.24) is 10.2 Å². The molecule has 0 aromatic rings. The molecule has 1 aliphatic heterocycles. The van der Waals surface area contributed by atoms with Gasteiger partial charge in [-0.2, -0.15) is 0 Å². The standard InChI is InChI=1S/C11H22N2O2/c1-9-8-13(5-6-15-9)10(14)7-12-11(2,3)4/h9,12H,5-8H2,1-4H3. The van der Waals surface area contributed by atoms with Gasteiger partial charge in [0.05, 0.1) is 19.3 Å². The molecule has 0 aromatic carbocycles. The summed E-state index contributed by atoms with van der Waals surface area (Å²) in [4.78, 5) is 13.7. The summed E-state index contributed by atoms with van der Waals surface area (Å²) >= 11 is 0. The molecular weight excluding hydrogens is 192 g/mol. The van der Waals surface area contributed by atoms with Crippen LogP contribution in [-0.4, -0.2) is 48.7 Å². The van der Waals surface area contributed by atoms with E-state index >= 15 is 0 Å². The molecule has 0 saturated carbocycles. The van der Waals surface area contributed by atoms with Crippen LogP contribution in [0, 0.1) is 0 Å². The van der Waals surface area contributed by atoms with Crippen LogP contribution in [0.4, 0.5) is 0 Å². The maximum absolute atomic E-state index is 11.8. The van der Waals surface area contributed by atoms with Gasteiger partial charge in [0.15, 0.2) is 0 Å². The second kappa shape index (κ2) is 4.94. The molecule has 1 atom stereocenters. The molecule has 1 aliphatic rings. The number of carbonyl (C=O) groups excluding carboxylic acids is 1. The molecule has 0 aliphatic carbocycles. The first-order valence-electron chi connectivity index (χ1n) is 5.53. The first-order valence-corrected chi connectivity index (χ1v) is 5.53. The number of amides is 1. The summed E-state index contributed by atoms with van der Waals surface area (Å²) < 4.78 is 5.39. The minimum atomic E-state index is -0.00639. The lowest BCUT2D eigenvalue weighted by molar-refractivity contribution is -0.137. The highest BCUT2D eigenvalue weighted by atomic mass is 16.5. The van der Waals surface area contributed by atoms with Gasteiger partial charge < -0.3 is 15.0 Å². The minimum Gasteiger partial charge on any atom is -0.375 e. The van der Waals surface area contributed by atoms with Gasteiger partial charge in [0.25, 0.3) is 0 Å². The Bertz CT molecular complexity index is 223. The topological polar surface area (TPSA) is 41.6 Å². The van der Waals surface area contributed by atoms with Gasteiger partial charge >= 0.3 is 0 Å². The second-order valence-corrected chi connectivity index (χ2v) is 5.12. The SMILES string of the molecule is CC1CN(C(=O)CNC(C)(C)C)CCO1. The molecule has 1 fully saturated rings. The first-order chi connectivity index (χ1) is 6.88. The smallest absolute Gasteiger partial charge is 0.236 e. The third kappa shape index (κ3) is 4.62. The highest BCUT2D eigenvalue weighted by molar-refractivity contribution is 5.78. The molecule has 1 rings (SSSR count). The molecule has 4 nitrogen and oxygen atoms in total. The van der Waals surface area contributed by atoms with Crippen molar-refractivity contribution in [3.8, 4) is 0 Å². The summed E-state index contributed by atoms with van der Waals surface area (Å²) in [5.41, 5.74) is -0.00639. The van der Waals surface area contributed by atoms with Crippen molar-refractivity contribution in [2.45, 2.75) is 39.3 Å². The van der Waals surface area contributed by atoms with Crippen LogP contribution in [-0.2, 0) is 9.53 Å². The fourth-order valence-electron chi connectivity index (χ4n) is 1.50. The number of carbonyl (C=O) groups is 1. The van der Waals surface area contributed by atoms with Gasteiger partial charge in [-0.05, 0) is 27.7 Å². The Kier molecular flexibility index (Phi) is 4.11. The number of ether oxygens (including phenoxy) is 1. The summed E-state index contributed by atoms with van der Waals surface area (Å²) in [5.74, 6) is 0.167. The van der Waals surface area contributed by atoms with Crippen LogP contribution in [0.15, 0.2) is 0 Å². The zero-order valence-corrected chi connectivity index (χ0v) is 10.2. The maximum Gasteiger partial charge on any atom is 0.236 e. The Morgan fingerprint density at radius 2 is 2.20 bits per heavy atom. The van der Waals surface area contributed by atoms with Gasteiger partial charge in [-0.15, -0.1) is 0 Å². The Balaban J connectivity index is 2.33. The third-order valence-corrected chi connectivity index (χ3v) is 2.36. The number of hydrogen-bond donors (Lipinski definition) is 1. The molecule has 1 heterocycles. The van der Waals surface area contributed by atoms with Crippen LogP contribution in [0.5, 0.6) is 0 Å². The van der Waals surface area contributed by atoms with Crippen molar-refractivity contribution < 1.29 is 9.53 Å². The quantitative estimate of drug-likeness (QED) is 0.733. The average molecular weight is 214 g/mol. The lowest BCUT2D eigenvalue weighted by Gasteiger charge is -2.32. The summed E-state index contributed by atoms with van der Waals surface area (Å²) in [6, 6.07) is 0. The first kappa shape index (κ1) is 12.5. The lowest BCUT2D eigenvalue weighted by Crippen LogP contribution is -2.50. The molecule has 1 saturated heterocycles. The third-order valence-electron chi connectivity index (χ3n) is 2.36. The zero-order chi connectivity index (χ0) is 11.5. The van der Waals surface area contributed by atoms with Gasteiger partial charge in [-0.1, -0.05) is 0 Å². The van der Waals surface area contributed by atoms with E-state index in [4.69, 9.17) is 4.74 Å². The van der Waals surface area contributed by atoms with Crippen LogP contribution >= 0.6 is 0 Å². The van der Waals surface area contributed by atoms with E-state index < -0.39 is 0 Å².